The Bertz CT molecular complexity index is 1570. The second-order valence-corrected chi connectivity index (χ2v) is 13.1. The van der Waals surface area contributed by atoms with Gasteiger partial charge in [0.25, 0.3) is 0 Å². The molecule has 11 heteroatoms. The minimum Gasteiger partial charge on any atom is -0.489 e. The maximum absolute atomic E-state index is 15.8. The highest BCUT2D eigenvalue weighted by molar-refractivity contribution is 9.10. The highest BCUT2D eigenvalue weighted by atomic mass is 79.9. The molecular weight excluding hydrogens is 603 g/mol. The van der Waals surface area contributed by atoms with Gasteiger partial charge >= 0.3 is 5.97 Å². The molecule has 2 heterocycles. The number of halogens is 2. The summed E-state index contributed by atoms with van der Waals surface area (Å²) in [5.41, 5.74) is 2.63. The molecule has 0 saturated carbocycles. The van der Waals surface area contributed by atoms with Crippen molar-refractivity contribution in [1.29, 1.82) is 0 Å². The Balaban J connectivity index is 1.72. The number of aromatic nitrogens is 1. The molecule has 0 saturated heterocycles. The summed E-state index contributed by atoms with van der Waals surface area (Å²) in [6.07, 6.45) is 1.32. The largest absolute Gasteiger partial charge is 0.489 e. The van der Waals surface area contributed by atoms with E-state index in [-0.39, 0.29) is 37.4 Å². The number of rotatable bonds is 11. The van der Waals surface area contributed by atoms with Gasteiger partial charge in [-0.3, -0.25) is 9.78 Å². The Morgan fingerprint density at radius 3 is 2.62 bits per heavy atom. The molecule has 0 spiro atoms. The third kappa shape index (κ3) is 7.14. The number of hydrogen-bond acceptors (Lipinski definition) is 6. The van der Waals surface area contributed by atoms with Gasteiger partial charge in [0.1, 0.15) is 30.3 Å². The van der Waals surface area contributed by atoms with Crippen molar-refractivity contribution >= 4 is 43.9 Å². The molecule has 1 unspecified atom stereocenters. The molecule has 4 rings (SSSR count). The zero-order valence-corrected chi connectivity index (χ0v) is 24.9. The third-order valence-corrected chi connectivity index (χ3v) is 7.97. The van der Waals surface area contributed by atoms with E-state index in [1.54, 1.807) is 37.4 Å². The molecule has 0 fully saturated rings. The van der Waals surface area contributed by atoms with Gasteiger partial charge in [0, 0.05) is 39.9 Å². The third-order valence-electron chi connectivity index (χ3n) is 5.96. The van der Waals surface area contributed by atoms with E-state index in [2.05, 4.69) is 25.6 Å². The van der Waals surface area contributed by atoms with Crippen LogP contribution in [0.2, 0.25) is 0 Å². The minimum atomic E-state index is -1.40. The van der Waals surface area contributed by atoms with Gasteiger partial charge < -0.3 is 19.0 Å². The number of hydrogen-bond donors (Lipinski definition) is 2. The molecule has 1 atom stereocenters. The number of carboxylic acid groups (broad SMARTS) is 1. The molecule has 2 N–H and O–H groups in total. The van der Waals surface area contributed by atoms with Crippen LogP contribution in [0, 0.1) is 5.82 Å². The number of fused-ring (bicyclic) bond motifs is 1. The second-order valence-electron chi connectivity index (χ2n) is 10.1. The molecule has 0 amide bonds. The monoisotopic (exact) mass is 632 g/mol. The van der Waals surface area contributed by atoms with E-state index in [9.17, 15) is 14.1 Å². The molecule has 4 aromatic rings. The smallest absolute Gasteiger partial charge is 0.307 e. The quantitative estimate of drug-likeness (QED) is 0.200. The molecule has 0 aliphatic carbocycles. The maximum Gasteiger partial charge on any atom is 0.307 e. The first-order valence-corrected chi connectivity index (χ1v) is 14.4. The Morgan fingerprint density at radius 2 is 1.93 bits per heavy atom. The van der Waals surface area contributed by atoms with E-state index in [0.29, 0.717) is 28.2 Å². The summed E-state index contributed by atoms with van der Waals surface area (Å²) in [5, 5.41) is 10.0. The predicted molar refractivity (Wildman–Crippen MR) is 155 cm³/mol. The lowest BCUT2D eigenvalue weighted by Gasteiger charge is -2.18. The fourth-order valence-corrected chi connectivity index (χ4v) is 5.11. The number of pyridine rings is 1. The van der Waals surface area contributed by atoms with Crippen LogP contribution in [0.3, 0.4) is 0 Å². The van der Waals surface area contributed by atoms with Gasteiger partial charge in [-0.2, -0.15) is 0 Å². The van der Waals surface area contributed by atoms with Gasteiger partial charge in [0.05, 0.1) is 34.4 Å². The normalized spacial score (nSPS) is 12.6. The Labute approximate surface area is 242 Å². The van der Waals surface area contributed by atoms with Crippen LogP contribution in [0.1, 0.15) is 43.4 Å². The number of aliphatic carboxylic acids is 1. The summed E-state index contributed by atoms with van der Waals surface area (Å²) in [7, 11) is 0.162. The van der Waals surface area contributed by atoms with Crippen LogP contribution in [0.25, 0.3) is 22.1 Å². The zero-order valence-electron chi connectivity index (χ0n) is 22.5. The summed E-state index contributed by atoms with van der Waals surface area (Å²) in [5.74, 6) is -0.518. The summed E-state index contributed by atoms with van der Waals surface area (Å²) in [6, 6.07) is 12.2. The van der Waals surface area contributed by atoms with Gasteiger partial charge in [-0.25, -0.2) is 13.3 Å². The molecule has 0 bridgehead atoms. The number of carboxylic acids is 1. The van der Waals surface area contributed by atoms with E-state index in [0.717, 1.165) is 15.4 Å². The summed E-state index contributed by atoms with van der Waals surface area (Å²) >= 11 is 3.40. The van der Waals surface area contributed by atoms with Crippen molar-refractivity contribution in [2.24, 2.45) is 0 Å². The first kappa shape index (κ1) is 29.9. The molecule has 0 radical (unpaired) electrons. The maximum atomic E-state index is 15.8. The van der Waals surface area contributed by atoms with E-state index in [1.807, 2.05) is 32.9 Å². The second kappa shape index (κ2) is 12.6. The van der Waals surface area contributed by atoms with Crippen LogP contribution in [0.15, 0.2) is 57.6 Å². The summed E-state index contributed by atoms with van der Waals surface area (Å²) in [4.78, 5) is 15.5. The van der Waals surface area contributed by atoms with Crippen molar-refractivity contribution in [3.05, 3.63) is 81.5 Å². The number of nitrogens with zero attached hydrogens (tertiary/aromatic N) is 1. The Hall–Kier alpha value is -3.12. The lowest BCUT2D eigenvalue weighted by atomic mass is 10.00. The average Bonchev–Trinajstić information content (AvgIpc) is 3.29. The lowest BCUT2D eigenvalue weighted by Crippen LogP contribution is -2.33. The number of carbonyl (C=O) groups is 1. The number of methoxy groups -OCH3 is 1. The van der Waals surface area contributed by atoms with Crippen LogP contribution >= 0.6 is 15.9 Å². The van der Waals surface area contributed by atoms with Crippen molar-refractivity contribution in [1.82, 2.24) is 9.71 Å². The highest BCUT2D eigenvalue weighted by Gasteiger charge is 2.22. The molecule has 40 heavy (non-hydrogen) atoms. The van der Waals surface area contributed by atoms with Crippen molar-refractivity contribution in [3.63, 3.8) is 0 Å². The molecule has 0 aliphatic heterocycles. The standard InChI is InChI=1S/C29H30BrFN2O6S/c1-29(2,3)40(36)33-14-24-27(31)22(7-8-32-24)23-10-17(9-19-11-21(16-37-4)39-28(19)23)15-38-25-13-20(30)6-5-18(25)12-26(34)35/h5-11,13,33H,12,14-16H2,1-4H3,(H,34,35). The van der Waals surface area contributed by atoms with Crippen LogP contribution in [-0.2, 0) is 46.7 Å². The average molecular weight is 634 g/mol. The number of ether oxygens (including phenoxy) is 2. The first-order valence-electron chi connectivity index (χ1n) is 12.4. The van der Waals surface area contributed by atoms with Crippen LogP contribution in [0.5, 0.6) is 5.75 Å². The van der Waals surface area contributed by atoms with Crippen molar-refractivity contribution in [2.45, 2.75) is 51.7 Å². The fraction of sp³-hybridized carbons (Fsp3) is 0.310. The first-order chi connectivity index (χ1) is 19.0. The van der Waals surface area contributed by atoms with Gasteiger partial charge in [-0.15, -0.1) is 0 Å². The topological polar surface area (TPSA) is 111 Å². The minimum absolute atomic E-state index is 0.0161. The van der Waals surface area contributed by atoms with Crippen LogP contribution < -0.4 is 9.46 Å². The van der Waals surface area contributed by atoms with Gasteiger partial charge in [-0.1, -0.05) is 22.0 Å². The van der Waals surface area contributed by atoms with Gasteiger partial charge in [0.15, 0.2) is 5.82 Å². The molecule has 2 aromatic heterocycles. The van der Waals surface area contributed by atoms with E-state index in [1.165, 1.54) is 6.20 Å². The Kier molecular flexibility index (Phi) is 9.40. The summed E-state index contributed by atoms with van der Waals surface area (Å²) in [6.45, 7) is 5.80. The SMILES string of the molecule is COCc1cc2cc(COc3cc(Br)ccc3CC(=O)O)cc(-c3ccnc(CNS(=O)C(C)(C)C)c3F)c2o1. The predicted octanol–water partition coefficient (Wildman–Crippen LogP) is 6.30. The van der Waals surface area contributed by atoms with E-state index < -0.39 is 27.5 Å². The molecule has 2 aromatic carbocycles. The van der Waals surface area contributed by atoms with Crippen LogP contribution in [-0.4, -0.2) is 32.1 Å². The van der Waals surface area contributed by atoms with Crippen molar-refractivity contribution in [2.75, 3.05) is 7.11 Å². The van der Waals surface area contributed by atoms with Crippen molar-refractivity contribution in [3.8, 4) is 16.9 Å². The fourth-order valence-electron chi connectivity index (χ4n) is 4.07. The van der Waals surface area contributed by atoms with E-state index in [4.69, 9.17) is 13.9 Å². The van der Waals surface area contributed by atoms with Gasteiger partial charge in [-0.05, 0) is 62.7 Å². The molecular formula is C29H30BrFN2O6S. The number of nitrogens with one attached hydrogen (secondary N) is 1. The van der Waals surface area contributed by atoms with Gasteiger partial charge in [0.2, 0.25) is 0 Å². The number of benzene rings is 2. The molecule has 8 nitrogen and oxygen atoms in total. The highest BCUT2D eigenvalue weighted by Crippen LogP contribution is 2.35. The summed E-state index contributed by atoms with van der Waals surface area (Å²) < 4.78 is 48.7. The zero-order chi connectivity index (χ0) is 29.0. The van der Waals surface area contributed by atoms with Crippen molar-refractivity contribution < 1.29 is 32.4 Å². The molecule has 0 aliphatic rings. The molecule has 212 valence electrons. The van der Waals surface area contributed by atoms with E-state index >= 15 is 4.39 Å². The van der Waals surface area contributed by atoms with Crippen LogP contribution in [0.4, 0.5) is 4.39 Å². The number of furan rings is 1. The lowest BCUT2D eigenvalue weighted by molar-refractivity contribution is -0.136. The Morgan fingerprint density at radius 1 is 1.15 bits per heavy atom.